The van der Waals surface area contributed by atoms with E-state index in [4.69, 9.17) is 0 Å². The third-order valence-corrected chi connectivity index (χ3v) is 4.15. The maximum atomic E-state index is 11.7. The van der Waals surface area contributed by atoms with Gasteiger partial charge in [0.2, 0.25) is 0 Å². The minimum Gasteiger partial charge on any atom is -0.323 e. The van der Waals surface area contributed by atoms with Gasteiger partial charge in [-0.3, -0.25) is 0 Å². The first-order valence-electron chi connectivity index (χ1n) is 3.80. The topological polar surface area (TPSA) is 17.1 Å². The molecule has 0 spiro atoms. The minimum absolute atomic E-state index is 0.809. The Morgan fingerprint density at radius 3 is 2.09 bits per heavy atom. The first kappa shape index (κ1) is 7.12. The molecule has 0 aromatic heterocycles. The fourth-order valence-electron chi connectivity index (χ4n) is 1.64. The Morgan fingerprint density at radius 1 is 1.18 bits per heavy atom. The van der Waals surface area contributed by atoms with Crippen LogP contribution in [0.1, 0.15) is 11.1 Å². The van der Waals surface area contributed by atoms with E-state index in [9.17, 15) is 4.57 Å². The Morgan fingerprint density at radius 2 is 1.64 bits per heavy atom. The van der Waals surface area contributed by atoms with Crippen molar-refractivity contribution in [2.45, 2.75) is 12.3 Å². The Kier molecular flexibility index (Phi) is 1.43. The normalized spacial score (nSPS) is 19.7. The summed E-state index contributed by atoms with van der Waals surface area (Å²) in [7, 11) is -1.83. The van der Waals surface area contributed by atoms with Gasteiger partial charge in [0.1, 0.15) is 0 Å². The summed E-state index contributed by atoms with van der Waals surface area (Å²) in [4.78, 5) is 0. The molecule has 1 nitrogen and oxygen atoms in total. The van der Waals surface area contributed by atoms with Gasteiger partial charge in [-0.2, -0.15) is 0 Å². The zero-order chi connectivity index (χ0) is 7.90. The maximum Gasteiger partial charge on any atom is 0.0932 e. The minimum atomic E-state index is -1.83. The standard InChI is InChI=1S/C9H11OP/c1-11(10)6-8-4-2-3-5-9(8)7-11/h2-5H,6-7H2,1H3. The summed E-state index contributed by atoms with van der Waals surface area (Å²) in [5.41, 5.74) is 2.58. The van der Waals surface area contributed by atoms with Crippen molar-refractivity contribution >= 4 is 7.14 Å². The molecule has 1 aliphatic rings. The molecule has 0 amide bonds. The van der Waals surface area contributed by atoms with Crippen molar-refractivity contribution in [2.24, 2.45) is 0 Å². The molecule has 1 heterocycles. The van der Waals surface area contributed by atoms with E-state index < -0.39 is 7.14 Å². The predicted octanol–water partition coefficient (Wildman–Crippen LogP) is 2.69. The van der Waals surface area contributed by atoms with E-state index in [1.54, 1.807) is 0 Å². The molecule has 1 aliphatic heterocycles. The van der Waals surface area contributed by atoms with E-state index in [0.29, 0.717) is 0 Å². The summed E-state index contributed by atoms with van der Waals surface area (Å²) >= 11 is 0. The first-order chi connectivity index (χ1) is 5.17. The zero-order valence-corrected chi connectivity index (χ0v) is 7.47. The van der Waals surface area contributed by atoms with Crippen molar-refractivity contribution in [3.05, 3.63) is 35.4 Å². The summed E-state index contributed by atoms with van der Waals surface area (Å²) in [6.07, 6.45) is 1.62. The third-order valence-electron chi connectivity index (χ3n) is 2.13. The number of fused-ring (bicyclic) bond motifs is 1. The van der Waals surface area contributed by atoms with E-state index >= 15 is 0 Å². The SMILES string of the molecule is CP1(=O)Cc2ccccc2C1. The molecular weight excluding hydrogens is 155 g/mol. The lowest BCUT2D eigenvalue weighted by atomic mass is 10.1. The van der Waals surface area contributed by atoms with Crippen LogP contribution >= 0.6 is 7.14 Å². The summed E-state index contributed by atoms with van der Waals surface area (Å²) in [6, 6.07) is 8.20. The van der Waals surface area contributed by atoms with Crippen molar-refractivity contribution in [1.29, 1.82) is 0 Å². The summed E-state index contributed by atoms with van der Waals surface area (Å²) < 4.78 is 11.7. The quantitative estimate of drug-likeness (QED) is 0.541. The highest BCUT2D eigenvalue weighted by atomic mass is 31.2. The number of benzene rings is 1. The highest BCUT2D eigenvalue weighted by Gasteiger charge is 2.25. The van der Waals surface area contributed by atoms with Gasteiger partial charge >= 0.3 is 0 Å². The number of hydrogen-bond acceptors (Lipinski definition) is 1. The lowest BCUT2D eigenvalue weighted by Gasteiger charge is -1.98. The fraction of sp³-hybridized carbons (Fsp3) is 0.333. The van der Waals surface area contributed by atoms with Crippen LogP contribution in [-0.4, -0.2) is 6.66 Å². The van der Waals surface area contributed by atoms with Crippen LogP contribution in [0.5, 0.6) is 0 Å². The van der Waals surface area contributed by atoms with E-state index in [1.807, 2.05) is 18.8 Å². The van der Waals surface area contributed by atoms with Gasteiger partial charge in [-0.05, 0) is 17.8 Å². The maximum absolute atomic E-state index is 11.7. The van der Waals surface area contributed by atoms with Crippen LogP contribution in [0.25, 0.3) is 0 Å². The van der Waals surface area contributed by atoms with Gasteiger partial charge in [-0.25, -0.2) is 0 Å². The highest BCUT2D eigenvalue weighted by molar-refractivity contribution is 7.61. The van der Waals surface area contributed by atoms with Gasteiger partial charge in [0, 0.05) is 12.3 Å². The van der Waals surface area contributed by atoms with Crippen molar-refractivity contribution in [3.8, 4) is 0 Å². The Hall–Kier alpha value is -0.550. The molecule has 11 heavy (non-hydrogen) atoms. The second-order valence-electron chi connectivity index (χ2n) is 3.38. The van der Waals surface area contributed by atoms with E-state index in [2.05, 4.69) is 12.1 Å². The molecule has 0 unspecified atom stereocenters. The smallest absolute Gasteiger partial charge is 0.0932 e. The van der Waals surface area contributed by atoms with Crippen molar-refractivity contribution in [3.63, 3.8) is 0 Å². The molecule has 0 aliphatic carbocycles. The highest BCUT2D eigenvalue weighted by Crippen LogP contribution is 2.54. The molecule has 0 fully saturated rings. The molecule has 0 bridgehead atoms. The molecule has 58 valence electrons. The second-order valence-corrected chi connectivity index (χ2v) is 6.61. The van der Waals surface area contributed by atoms with E-state index in [0.717, 1.165) is 12.3 Å². The number of rotatable bonds is 0. The monoisotopic (exact) mass is 166 g/mol. The lowest BCUT2D eigenvalue weighted by molar-refractivity contribution is 0.579. The lowest BCUT2D eigenvalue weighted by Crippen LogP contribution is -1.77. The molecular formula is C9H11OP. The van der Waals surface area contributed by atoms with Crippen LogP contribution < -0.4 is 0 Å². The molecule has 2 rings (SSSR count). The van der Waals surface area contributed by atoms with Gasteiger partial charge in [0.15, 0.2) is 0 Å². The Labute approximate surface area is 66.8 Å². The summed E-state index contributed by atoms with van der Waals surface area (Å²) in [6.45, 7) is 1.90. The Bertz CT molecular complexity index is 301. The molecule has 0 N–H and O–H groups in total. The molecule has 2 heteroatoms. The third kappa shape index (κ3) is 1.25. The molecule has 0 atom stereocenters. The summed E-state index contributed by atoms with van der Waals surface area (Å²) in [5.74, 6) is 0. The van der Waals surface area contributed by atoms with Gasteiger partial charge < -0.3 is 4.57 Å². The molecule has 1 aromatic rings. The van der Waals surface area contributed by atoms with E-state index in [-0.39, 0.29) is 0 Å². The summed E-state index contributed by atoms with van der Waals surface area (Å²) in [5, 5.41) is 0. The zero-order valence-electron chi connectivity index (χ0n) is 6.58. The van der Waals surface area contributed by atoms with Crippen molar-refractivity contribution < 1.29 is 4.57 Å². The largest absolute Gasteiger partial charge is 0.323 e. The molecule has 1 aromatic carbocycles. The van der Waals surface area contributed by atoms with Crippen LogP contribution in [0.4, 0.5) is 0 Å². The predicted molar refractivity (Wildman–Crippen MR) is 47.4 cm³/mol. The van der Waals surface area contributed by atoms with Crippen LogP contribution in [0, 0.1) is 0 Å². The van der Waals surface area contributed by atoms with Gasteiger partial charge in [0.05, 0.1) is 7.14 Å². The molecule has 0 radical (unpaired) electrons. The van der Waals surface area contributed by atoms with Gasteiger partial charge in [-0.15, -0.1) is 0 Å². The van der Waals surface area contributed by atoms with E-state index in [1.165, 1.54) is 11.1 Å². The van der Waals surface area contributed by atoms with Crippen LogP contribution in [0.15, 0.2) is 24.3 Å². The number of hydrogen-bond donors (Lipinski definition) is 0. The second kappa shape index (κ2) is 2.22. The van der Waals surface area contributed by atoms with Crippen LogP contribution in [0.2, 0.25) is 0 Å². The van der Waals surface area contributed by atoms with Gasteiger partial charge in [0.25, 0.3) is 0 Å². The van der Waals surface area contributed by atoms with Crippen LogP contribution in [-0.2, 0) is 16.9 Å². The fourth-order valence-corrected chi connectivity index (χ4v) is 3.81. The molecule has 0 saturated heterocycles. The van der Waals surface area contributed by atoms with Crippen LogP contribution in [0.3, 0.4) is 0 Å². The van der Waals surface area contributed by atoms with Gasteiger partial charge in [-0.1, -0.05) is 24.3 Å². The first-order valence-corrected chi connectivity index (χ1v) is 6.32. The average molecular weight is 166 g/mol. The average Bonchev–Trinajstić information content (AvgIpc) is 2.21. The molecule has 0 saturated carbocycles. The van der Waals surface area contributed by atoms with Crippen molar-refractivity contribution in [2.75, 3.05) is 6.66 Å². The van der Waals surface area contributed by atoms with Crippen molar-refractivity contribution in [1.82, 2.24) is 0 Å². The Balaban J connectivity index is 2.49.